The highest BCUT2D eigenvalue weighted by atomic mass is 14.3. The molecule has 0 nitrogen and oxygen atoms in total. The first-order valence-electron chi connectivity index (χ1n) is 3.63. The van der Waals surface area contributed by atoms with Crippen molar-refractivity contribution in [3.05, 3.63) is 11.6 Å². The van der Waals surface area contributed by atoms with E-state index >= 15 is 0 Å². The Kier molecular flexibility index (Phi) is 0.927. The van der Waals surface area contributed by atoms with Crippen LogP contribution in [0.25, 0.3) is 0 Å². The summed E-state index contributed by atoms with van der Waals surface area (Å²) < 4.78 is 0. The van der Waals surface area contributed by atoms with Gasteiger partial charge in [0.05, 0.1) is 0 Å². The Morgan fingerprint density at radius 1 is 1.38 bits per heavy atom. The molecule has 0 aromatic carbocycles. The first-order chi connectivity index (χ1) is 3.95. The summed E-state index contributed by atoms with van der Waals surface area (Å²) >= 11 is 0. The highest BCUT2D eigenvalue weighted by molar-refractivity contribution is 5.11. The van der Waals surface area contributed by atoms with Gasteiger partial charge in [0.1, 0.15) is 0 Å². The van der Waals surface area contributed by atoms with Crippen molar-refractivity contribution in [3.63, 3.8) is 0 Å². The predicted molar refractivity (Wildman–Crippen MR) is 34.7 cm³/mol. The lowest BCUT2D eigenvalue weighted by atomic mass is 9.97. The van der Waals surface area contributed by atoms with Crippen LogP contribution in [0.1, 0.15) is 32.1 Å². The molecule has 44 valence electrons. The van der Waals surface area contributed by atoms with Crippen LogP contribution in [-0.4, -0.2) is 0 Å². The van der Waals surface area contributed by atoms with Gasteiger partial charge < -0.3 is 0 Å². The van der Waals surface area contributed by atoms with Crippen molar-refractivity contribution in [1.82, 2.24) is 0 Å². The summed E-state index contributed by atoms with van der Waals surface area (Å²) in [6, 6.07) is 0. The molecule has 0 spiro atoms. The number of rotatable bonds is 0. The zero-order valence-electron chi connectivity index (χ0n) is 5.19. The lowest BCUT2D eigenvalue weighted by Crippen LogP contribution is -1.94. The van der Waals surface area contributed by atoms with E-state index in [2.05, 4.69) is 6.08 Å². The Morgan fingerprint density at radius 2 is 2.38 bits per heavy atom. The van der Waals surface area contributed by atoms with E-state index in [1.54, 1.807) is 5.57 Å². The van der Waals surface area contributed by atoms with Gasteiger partial charge >= 0.3 is 0 Å². The zero-order chi connectivity index (χ0) is 5.40. The van der Waals surface area contributed by atoms with Gasteiger partial charge in [0.25, 0.3) is 0 Å². The minimum absolute atomic E-state index is 1.09. The molecule has 0 heteroatoms. The average Bonchev–Trinajstić information content (AvgIpc) is 2.12. The maximum atomic E-state index is 2.45. The lowest BCUT2D eigenvalue weighted by Gasteiger charge is -2.09. The second-order valence-corrected chi connectivity index (χ2v) is 3.05. The van der Waals surface area contributed by atoms with E-state index in [0.717, 1.165) is 5.92 Å². The molecule has 2 aliphatic carbocycles. The summed E-state index contributed by atoms with van der Waals surface area (Å²) in [4.78, 5) is 0. The van der Waals surface area contributed by atoms with Crippen LogP contribution in [-0.2, 0) is 0 Å². The van der Waals surface area contributed by atoms with Crippen LogP contribution in [0, 0.1) is 5.92 Å². The number of hydrogen-bond acceptors (Lipinski definition) is 0. The average molecular weight is 108 g/mol. The summed E-state index contributed by atoms with van der Waals surface area (Å²) in [5.41, 5.74) is 1.75. The summed E-state index contributed by atoms with van der Waals surface area (Å²) in [6.07, 6.45) is 9.66. The van der Waals surface area contributed by atoms with E-state index in [1.165, 1.54) is 32.1 Å². The van der Waals surface area contributed by atoms with Crippen molar-refractivity contribution in [2.75, 3.05) is 0 Å². The third-order valence-corrected chi connectivity index (χ3v) is 2.43. The first-order valence-corrected chi connectivity index (χ1v) is 3.63. The monoisotopic (exact) mass is 108 g/mol. The first kappa shape index (κ1) is 4.60. The van der Waals surface area contributed by atoms with Gasteiger partial charge in [-0.05, 0) is 38.0 Å². The van der Waals surface area contributed by atoms with Gasteiger partial charge in [-0.1, -0.05) is 11.6 Å². The molecule has 2 aliphatic rings. The molecule has 0 amide bonds. The van der Waals surface area contributed by atoms with Gasteiger partial charge in [-0.2, -0.15) is 0 Å². The van der Waals surface area contributed by atoms with Crippen LogP contribution in [0.15, 0.2) is 11.6 Å². The molecule has 0 saturated heterocycles. The fourth-order valence-electron chi connectivity index (χ4n) is 1.92. The Hall–Kier alpha value is -0.260. The molecule has 0 radical (unpaired) electrons. The summed E-state index contributed by atoms with van der Waals surface area (Å²) in [5.74, 6) is 1.09. The SMILES string of the molecule is C1=C2CC[C@@H](CC1)C2. The largest absolute Gasteiger partial charge is 0.0853 e. The fraction of sp³-hybridized carbons (Fsp3) is 0.750. The molecule has 1 saturated carbocycles. The van der Waals surface area contributed by atoms with Gasteiger partial charge in [0, 0.05) is 0 Å². The molecular weight excluding hydrogens is 96.1 g/mol. The second kappa shape index (κ2) is 1.61. The molecule has 8 heavy (non-hydrogen) atoms. The van der Waals surface area contributed by atoms with Crippen LogP contribution in [0.4, 0.5) is 0 Å². The highest BCUT2D eigenvalue weighted by Gasteiger charge is 2.21. The summed E-state index contributed by atoms with van der Waals surface area (Å²) in [5, 5.41) is 0. The molecule has 2 rings (SSSR count). The zero-order valence-corrected chi connectivity index (χ0v) is 5.19. The lowest BCUT2D eigenvalue weighted by molar-refractivity contribution is 0.506. The van der Waals surface area contributed by atoms with Crippen LogP contribution in [0.5, 0.6) is 0 Å². The van der Waals surface area contributed by atoms with Gasteiger partial charge in [-0.15, -0.1) is 0 Å². The number of fused-ring (bicyclic) bond motifs is 2. The van der Waals surface area contributed by atoms with E-state index in [9.17, 15) is 0 Å². The third kappa shape index (κ3) is 0.594. The molecule has 1 fully saturated rings. The Bertz CT molecular complexity index is 120. The van der Waals surface area contributed by atoms with E-state index in [4.69, 9.17) is 0 Å². The summed E-state index contributed by atoms with van der Waals surface area (Å²) in [7, 11) is 0. The van der Waals surface area contributed by atoms with Crippen LogP contribution in [0.3, 0.4) is 0 Å². The van der Waals surface area contributed by atoms with Crippen molar-refractivity contribution in [2.24, 2.45) is 5.92 Å². The Labute approximate surface area is 50.6 Å². The molecule has 0 heterocycles. The minimum Gasteiger partial charge on any atom is -0.0853 e. The van der Waals surface area contributed by atoms with Crippen molar-refractivity contribution in [1.29, 1.82) is 0 Å². The van der Waals surface area contributed by atoms with Gasteiger partial charge in [0.15, 0.2) is 0 Å². The maximum absolute atomic E-state index is 2.45. The predicted octanol–water partition coefficient (Wildman–Crippen LogP) is 2.51. The smallest absolute Gasteiger partial charge is 0.0292 e. The van der Waals surface area contributed by atoms with Crippen molar-refractivity contribution >= 4 is 0 Å². The second-order valence-electron chi connectivity index (χ2n) is 3.05. The minimum atomic E-state index is 1.09. The molecule has 0 unspecified atom stereocenters. The van der Waals surface area contributed by atoms with E-state index in [0.29, 0.717) is 0 Å². The van der Waals surface area contributed by atoms with Gasteiger partial charge in [0.2, 0.25) is 0 Å². The van der Waals surface area contributed by atoms with Crippen LogP contribution >= 0.6 is 0 Å². The summed E-state index contributed by atoms with van der Waals surface area (Å²) in [6.45, 7) is 0. The number of hydrogen-bond donors (Lipinski definition) is 0. The van der Waals surface area contributed by atoms with Crippen LogP contribution < -0.4 is 0 Å². The van der Waals surface area contributed by atoms with Crippen molar-refractivity contribution < 1.29 is 0 Å². The molecule has 0 N–H and O–H groups in total. The Balaban J connectivity index is 2.22. The third-order valence-electron chi connectivity index (χ3n) is 2.43. The van der Waals surface area contributed by atoms with E-state index in [-0.39, 0.29) is 0 Å². The van der Waals surface area contributed by atoms with Crippen molar-refractivity contribution in [2.45, 2.75) is 32.1 Å². The van der Waals surface area contributed by atoms with E-state index in [1.807, 2.05) is 0 Å². The van der Waals surface area contributed by atoms with Gasteiger partial charge in [-0.3, -0.25) is 0 Å². The van der Waals surface area contributed by atoms with Crippen LogP contribution in [0.2, 0.25) is 0 Å². The molecule has 0 aromatic heterocycles. The van der Waals surface area contributed by atoms with Gasteiger partial charge in [-0.25, -0.2) is 0 Å². The number of allylic oxidation sites excluding steroid dienone is 2. The maximum Gasteiger partial charge on any atom is -0.0292 e. The highest BCUT2D eigenvalue weighted by Crippen LogP contribution is 2.37. The topological polar surface area (TPSA) is 0 Å². The molecule has 0 aromatic rings. The molecule has 1 atom stereocenters. The fourth-order valence-corrected chi connectivity index (χ4v) is 1.92. The Morgan fingerprint density at radius 3 is 3.12 bits per heavy atom. The molecular formula is C8H12. The van der Waals surface area contributed by atoms with Crippen molar-refractivity contribution in [3.8, 4) is 0 Å². The molecule has 2 bridgehead atoms. The van der Waals surface area contributed by atoms with E-state index < -0.39 is 0 Å². The standard InChI is InChI=1S/C8H12/c1-2-7-4-5-8(3-1)6-7/h2,8H,1,3-6H2/t8-/m1/s1. The normalized spacial score (nSPS) is 35.0. The quantitative estimate of drug-likeness (QED) is 0.418. The molecule has 0 aliphatic heterocycles.